The fourth-order valence-corrected chi connectivity index (χ4v) is 2.64. The molecule has 0 aliphatic rings. The summed E-state index contributed by atoms with van der Waals surface area (Å²) in [5.41, 5.74) is -1.63. The summed E-state index contributed by atoms with van der Waals surface area (Å²) >= 11 is 0. The Kier molecular flexibility index (Phi) is 6.70. The van der Waals surface area contributed by atoms with Gasteiger partial charge in [-0.1, -0.05) is 56.3 Å². The number of rotatable bonds is 9. The summed E-state index contributed by atoms with van der Waals surface area (Å²) in [5, 5.41) is 28.5. The van der Waals surface area contributed by atoms with Crippen LogP contribution in [0, 0.1) is 17.3 Å². The lowest BCUT2D eigenvalue weighted by Gasteiger charge is -2.31. The van der Waals surface area contributed by atoms with Crippen LogP contribution in [-0.4, -0.2) is 33.2 Å². The zero-order valence-electron chi connectivity index (χ0n) is 13.7. The molecule has 24 heavy (non-hydrogen) atoms. The van der Waals surface area contributed by atoms with E-state index in [1.165, 1.54) is 6.08 Å². The van der Waals surface area contributed by atoms with Gasteiger partial charge in [-0.3, -0.25) is 14.4 Å². The third-order valence-electron chi connectivity index (χ3n) is 3.91. The van der Waals surface area contributed by atoms with Crippen LogP contribution >= 0.6 is 0 Å². The largest absolute Gasteiger partial charge is 0.481 e. The van der Waals surface area contributed by atoms with Crippen LogP contribution in [0.25, 0.3) is 6.08 Å². The van der Waals surface area contributed by atoms with Gasteiger partial charge in [-0.25, -0.2) is 0 Å². The maximum atomic E-state index is 11.8. The minimum Gasteiger partial charge on any atom is -0.481 e. The Hall–Kier alpha value is -2.63. The molecule has 0 aromatic heterocycles. The van der Waals surface area contributed by atoms with Crippen molar-refractivity contribution in [3.63, 3.8) is 0 Å². The summed E-state index contributed by atoms with van der Waals surface area (Å²) in [6.07, 6.45) is 2.56. The van der Waals surface area contributed by atoms with E-state index in [0.29, 0.717) is 0 Å². The van der Waals surface area contributed by atoms with Crippen molar-refractivity contribution < 1.29 is 29.7 Å². The van der Waals surface area contributed by atoms with Gasteiger partial charge in [0.15, 0.2) is 5.41 Å². The van der Waals surface area contributed by atoms with Crippen molar-refractivity contribution in [2.45, 2.75) is 26.7 Å². The van der Waals surface area contributed by atoms with Gasteiger partial charge in [0.1, 0.15) is 0 Å². The fourth-order valence-electron chi connectivity index (χ4n) is 2.64. The molecular weight excluding hydrogens is 312 g/mol. The number of allylic oxidation sites excluding steroid dienone is 1. The van der Waals surface area contributed by atoms with E-state index in [1.807, 2.05) is 6.07 Å². The molecule has 0 bridgehead atoms. The number of carboxylic acid groups (broad SMARTS) is 3. The average molecular weight is 334 g/mol. The number of carbonyl (C=O) groups is 3. The third-order valence-corrected chi connectivity index (χ3v) is 3.91. The smallest absolute Gasteiger partial charge is 0.322 e. The minimum absolute atomic E-state index is 0.0346. The number of hydrogen-bond donors (Lipinski definition) is 3. The topological polar surface area (TPSA) is 112 Å². The van der Waals surface area contributed by atoms with Crippen LogP contribution < -0.4 is 0 Å². The van der Waals surface area contributed by atoms with Gasteiger partial charge in [0, 0.05) is 0 Å². The minimum atomic E-state index is -2.40. The summed E-state index contributed by atoms with van der Waals surface area (Å²) in [4.78, 5) is 35.1. The average Bonchev–Trinajstić information content (AvgIpc) is 2.49. The Morgan fingerprint density at radius 2 is 1.58 bits per heavy atom. The lowest BCUT2D eigenvalue weighted by molar-refractivity contribution is -0.176. The van der Waals surface area contributed by atoms with Crippen LogP contribution in [0.1, 0.15) is 32.3 Å². The molecule has 1 atom stereocenters. The van der Waals surface area contributed by atoms with Crippen molar-refractivity contribution in [1.29, 1.82) is 0 Å². The Morgan fingerprint density at radius 3 is 2.00 bits per heavy atom. The molecule has 6 nitrogen and oxygen atoms in total. The summed E-state index contributed by atoms with van der Waals surface area (Å²) in [6.45, 7) is 3.45. The summed E-state index contributed by atoms with van der Waals surface area (Å²) in [7, 11) is 0. The Morgan fingerprint density at radius 1 is 1.04 bits per heavy atom. The molecule has 0 aliphatic carbocycles. The van der Waals surface area contributed by atoms with E-state index in [1.54, 1.807) is 44.2 Å². The quantitative estimate of drug-likeness (QED) is 0.599. The van der Waals surface area contributed by atoms with Crippen molar-refractivity contribution in [2.24, 2.45) is 17.3 Å². The summed E-state index contributed by atoms with van der Waals surface area (Å²) in [5.74, 6) is -6.36. The van der Waals surface area contributed by atoms with Crippen LogP contribution in [0.4, 0.5) is 0 Å². The van der Waals surface area contributed by atoms with Crippen LogP contribution in [-0.2, 0) is 14.4 Å². The Bertz CT molecular complexity index is 604. The van der Waals surface area contributed by atoms with Gasteiger partial charge in [-0.05, 0) is 24.3 Å². The first kappa shape index (κ1) is 19.4. The van der Waals surface area contributed by atoms with Gasteiger partial charge >= 0.3 is 17.9 Å². The molecule has 0 amide bonds. The first-order valence-corrected chi connectivity index (χ1v) is 7.63. The molecule has 0 saturated carbocycles. The van der Waals surface area contributed by atoms with E-state index in [4.69, 9.17) is 0 Å². The molecule has 0 radical (unpaired) electrons. The van der Waals surface area contributed by atoms with Crippen LogP contribution in [0.3, 0.4) is 0 Å². The second kappa shape index (κ2) is 8.29. The van der Waals surface area contributed by atoms with Gasteiger partial charge in [-0.15, -0.1) is 0 Å². The second-order valence-electron chi connectivity index (χ2n) is 6.12. The molecular formula is C18H22O6. The highest BCUT2D eigenvalue weighted by Crippen LogP contribution is 2.38. The highest BCUT2D eigenvalue weighted by Gasteiger charge is 2.55. The van der Waals surface area contributed by atoms with E-state index >= 15 is 0 Å². The van der Waals surface area contributed by atoms with E-state index in [-0.39, 0.29) is 12.3 Å². The van der Waals surface area contributed by atoms with Crippen LogP contribution in [0.2, 0.25) is 0 Å². The lowest BCUT2D eigenvalue weighted by Crippen LogP contribution is -2.49. The normalized spacial score (nSPS) is 13.1. The number of hydrogen-bond acceptors (Lipinski definition) is 3. The van der Waals surface area contributed by atoms with Crippen LogP contribution in [0.15, 0.2) is 36.4 Å². The van der Waals surface area contributed by atoms with Gasteiger partial charge in [0.25, 0.3) is 0 Å². The van der Waals surface area contributed by atoms with Gasteiger partial charge in [0.2, 0.25) is 0 Å². The predicted molar refractivity (Wildman–Crippen MR) is 88.4 cm³/mol. The molecule has 1 aromatic rings. The maximum absolute atomic E-state index is 11.8. The van der Waals surface area contributed by atoms with Gasteiger partial charge < -0.3 is 15.3 Å². The molecule has 6 heteroatoms. The number of benzene rings is 1. The van der Waals surface area contributed by atoms with Crippen molar-refractivity contribution in [3.8, 4) is 0 Å². The Labute approximate surface area is 140 Å². The zero-order valence-corrected chi connectivity index (χ0v) is 13.7. The van der Waals surface area contributed by atoms with Crippen molar-refractivity contribution >= 4 is 24.0 Å². The lowest BCUT2D eigenvalue weighted by atomic mass is 9.69. The first-order valence-electron chi connectivity index (χ1n) is 7.63. The Balaban J connectivity index is 3.22. The van der Waals surface area contributed by atoms with E-state index in [9.17, 15) is 29.7 Å². The van der Waals surface area contributed by atoms with Crippen molar-refractivity contribution in [2.75, 3.05) is 0 Å². The maximum Gasteiger partial charge on any atom is 0.322 e. The molecule has 130 valence electrons. The summed E-state index contributed by atoms with van der Waals surface area (Å²) in [6, 6.07) is 8.96. The third kappa shape index (κ3) is 4.44. The van der Waals surface area contributed by atoms with E-state index < -0.39 is 35.7 Å². The molecule has 1 rings (SSSR count). The second-order valence-corrected chi connectivity index (χ2v) is 6.12. The molecule has 0 fully saturated rings. The highest BCUT2D eigenvalue weighted by atomic mass is 16.4. The molecule has 0 saturated heterocycles. The number of carboxylic acids is 3. The highest BCUT2D eigenvalue weighted by molar-refractivity contribution is 6.02. The van der Waals surface area contributed by atoms with Gasteiger partial charge in [0.05, 0.1) is 5.92 Å². The first-order chi connectivity index (χ1) is 11.2. The van der Waals surface area contributed by atoms with E-state index in [2.05, 4.69) is 0 Å². The number of aliphatic carboxylic acids is 3. The SMILES string of the molecule is CC(C)CC(C(=O)O)C(CC=Cc1ccccc1)(C(=O)O)C(=O)O. The van der Waals surface area contributed by atoms with Crippen molar-refractivity contribution in [3.05, 3.63) is 42.0 Å². The molecule has 0 heterocycles. The van der Waals surface area contributed by atoms with Crippen LogP contribution in [0.5, 0.6) is 0 Å². The van der Waals surface area contributed by atoms with Crippen molar-refractivity contribution in [1.82, 2.24) is 0 Å². The fraction of sp³-hybridized carbons (Fsp3) is 0.389. The standard InChI is InChI=1S/C18H22O6/c1-12(2)11-14(15(19)20)18(16(21)22,17(23)24)10-6-9-13-7-4-3-5-8-13/h3-9,12,14H,10-11H2,1-2H3,(H,19,20)(H,21,22)(H,23,24). The molecule has 0 aliphatic heterocycles. The predicted octanol–water partition coefficient (Wildman–Crippen LogP) is 2.99. The molecule has 1 aromatic carbocycles. The van der Waals surface area contributed by atoms with E-state index in [0.717, 1.165) is 5.56 Å². The molecule has 3 N–H and O–H groups in total. The monoisotopic (exact) mass is 334 g/mol. The van der Waals surface area contributed by atoms with Gasteiger partial charge in [-0.2, -0.15) is 0 Å². The molecule has 0 spiro atoms. The molecule has 1 unspecified atom stereocenters. The summed E-state index contributed by atoms with van der Waals surface area (Å²) < 4.78 is 0. The zero-order chi connectivity index (χ0) is 18.3.